The van der Waals surface area contributed by atoms with E-state index in [0.29, 0.717) is 25.0 Å². The highest BCUT2D eigenvalue weighted by atomic mass is 35.5. The van der Waals surface area contributed by atoms with Gasteiger partial charge in [0.2, 0.25) is 11.2 Å². The molecule has 0 amide bonds. The van der Waals surface area contributed by atoms with Crippen molar-refractivity contribution in [2.24, 2.45) is 5.73 Å². The second kappa shape index (κ2) is 6.82. The summed E-state index contributed by atoms with van der Waals surface area (Å²) in [5.41, 5.74) is 5.41. The predicted octanol–water partition coefficient (Wildman–Crippen LogP) is 2.13. The Morgan fingerprint density at radius 1 is 1.39 bits per heavy atom. The van der Waals surface area contributed by atoms with E-state index in [2.05, 4.69) is 0 Å². The molecule has 1 saturated heterocycles. The van der Waals surface area contributed by atoms with Gasteiger partial charge in [0.15, 0.2) is 0 Å². The molecule has 10 heteroatoms. The third kappa shape index (κ3) is 3.14. The molecule has 0 bridgehead atoms. The molecule has 4 rings (SSSR count). The number of nitrogens with zero attached hydrogens (tertiary/aromatic N) is 3. The second-order valence-electron chi connectivity index (χ2n) is 7.34. The van der Waals surface area contributed by atoms with Crippen LogP contribution in [0, 0.1) is 15.9 Å². The van der Waals surface area contributed by atoms with Crippen LogP contribution in [0.5, 0.6) is 0 Å². The van der Waals surface area contributed by atoms with Crippen LogP contribution in [0.3, 0.4) is 0 Å². The number of hydrogen-bond donors (Lipinski definition) is 1. The third-order valence-corrected chi connectivity index (χ3v) is 5.60. The monoisotopic (exact) mass is 408 g/mol. The van der Waals surface area contributed by atoms with Crippen LogP contribution in [0.2, 0.25) is 5.02 Å². The molecule has 1 saturated carbocycles. The molecular formula is C18H18ClFN4O4. The Bertz CT molecular complexity index is 1070. The Hall–Kier alpha value is -2.52. The normalized spacial score (nSPS) is 19.4. The maximum Gasteiger partial charge on any atom is 0.266 e. The molecule has 0 unspecified atom stereocenters. The highest BCUT2D eigenvalue weighted by molar-refractivity contribution is 6.38. The van der Waals surface area contributed by atoms with E-state index in [1.807, 2.05) is 0 Å². The molecule has 0 radical (unpaired) electrons. The molecule has 8 nitrogen and oxygen atoms in total. The molecule has 28 heavy (non-hydrogen) atoms. The van der Waals surface area contributed by atoms with Gasteiger partial charge in [-0.25, -0.2) is 4.39 Å². The number of nitrogens with two attached hydrogens (primary N) is 1. The smallest absolute Gasteiger partial charge is 0.266 e. The number of aromatic nitrogens is 1. The molecule has 148 valence electrons. The van der Waals surface area contributed by atoms with E-state index in [1.54, 1.807) is 9.47 Å². The summed E-state index contributed by atoms with van der Waals surface area (Å²) in [6.45, 7) is 0.0109. The number of nitro groups is 1. The number of Topliss-reactive ketones (excluding diaryl/α,β-unsaturated/α-hetero) is 1. The fourth-order valence-corrected chi connectivity index (χ4v) is 4.16. The molecular weight excluding hydrogens is 391 g/mol. The minimum absolute atomic E-state index is 0.0157. The zero-order chi connectivity index (χ0) is 20.2. The number of ketones is 1. The molecule has 2 fully saturated rings. The Balaban J connectivity index is 1.95. The zero-order valence-electron chi connectivity index (χ0n) is 14.9. The molecule has 2 heterocycles. The summed E-state index contributed by atoms with van der Waals surface area (Å²) in [4.78, 5) is 36.7. The van der Waals surface area contributed by atoms with E-state index in [-0.39, 0.29) is 33.7 Å². The van der Waals surface area contributed by atoms with Gasteiger partial charge in [-0.2, -0.15) is 0 Å². The summed E-state index contributed by atoms with van der Waals surface area (Å²) in [6.07, 6.45) is 3.67. The van der Waals surface area contributed by atoms with Gasteiger partial charge in [0.05, 0.1) is 27.2 Å². The lowest BCUT2D eigenvalue weighted by Gasteiger charge is -2.23. The quantitative estimate of drug-likeness (QED) is 0.461. The summed E-state index contributed by atoms with van der Waals surface area (Å²) < 4.78 is 16.6. The molecule has 1 atom stereocenters. The van der Waals surface area contributed by atoms with Gasteiger partial charge in [0.1, 0.15) is 5.82 Å². The lowest BCUT2D eigenvalue weighted by Crippen LogP contribution is -2.28. The number of fused-ring (bicyclic) bond motifs is 1. The van der Waals surface area contributed by atoms with Crippen molar-refractivity contribution in [3.05, 3.63) is 49.0 Å². The predicted molar refractivity (Wildman–Crippen MR) is 102 cm³/mol. The summed E-state index contributed by atoms with van der Waals surface area (Å²) in [7, 11) is 0. The fourth-order valence-electron chi connectivity index (χ4n) is 3.75. The number of pyridine rings is 1. The standard InChI is InChI=1S/C18H18ClFN4O4/c19-15-16-11(5-13(20)17(15)22-4-3-9(21)6-22)18(26)12(14(25)8-24(27)28)7-23(16)10-1-2-10/h5,7,9-10H,1-4,6,8,21H2/t9-/m0/s1. The highest BCUT2D eigenvalue weighted by Crippen LogP contribution is 2.42. The maximum atomic E-state index is 14.9. The van der Waals surface area contributed by atoms with Crippen molar-refractivity contribution >= 4 is 34.0 Å². The highest BCUT2D eigenvalue weighted by Gasteiger charge is 2.32. The summed E-state index contributed by atoms with van der Waals surface area (Å²) in [5, 5.41) is 10.7. The van der Waals surface area contributed by atoms with Crippen molar-refractivity contribution in [2.45, 2.75) is 31.3 Å². The first kappa shape index (κ1) is 18.8. The van der Waals surface area contributed by atoms with Crippen molar-refractivity contribution in [1.82, 2.24) is 4.57 Å². The van der Waals surface area contributed by atoms with Gasteiger partial charge in [-0.1, -0.05) is 11.6 Å². The van der Waals surface area contributed by atoms with Gasteiger partial charge in [0, 0.05) is 36.3 Å². The molecule has 1 aromatic carbocycles. The lowest BCUT2D eigenvalue weighted by molar-refractivity contribution is -0.465. The lowest BCUT2D eigenvalue weighted by atomic mass is 10.1. The number of rotatable bonds is 5. The number of halogens is 2. The topological polar surface area (TPSA) is 111 Å². The van der Waals surface area contributed by atoms with E-state index in [4.69, 9.17) is 17.3 Å². The van der Waals surface area contributed by atoms with Crippen LogP contribution in [0.15, 0.2) is 17.1 Å². The Morgan fingerprint density at radius 3 is 2.68 bits per heavy atom. The number of anilines is 1. The van der Waals surface area contributed by atoms with Crippen LogP contribution in [-0.2, 0) is 0 Å². The second-order valence-corrected chi connectivity index (χ2v) is 7.71. The van der Waals surface area contributed by atoms with E-state index in [0.717, 1.165) is 18.9 Å². The van der Waals surface area contributed by atoms with Crippen molar-refractivity contribution in [1.29, 1.82) is 0 Å². The Kier molecular flexibility index (Phi) is 4.59. The van der Waals surface area contributed by atoms with Crippen LogP contribution in [-0.4, -0.2) is 40.9 Å². The molecule has 2 aliphatic rings. The Morgan fingerprint density at radius 2 is 2.11 bits per heavy atom. The molecule has 2 N–H and O–H groups in total. The van der Waals surface area contributed by atoms with Crippen LogP contribution < -0.4 is 16.1 Å². The van der Waals surface area contributed by atoms with Crippen LogP contribution in [0.1, 0.15) is 35.7 Å². The fraction of sp³-hybridized carbons (Fsp3) is 0.444. The van der Waals surface area contributed by atoms with Crippen LogP contribution >= 0.6 is 11.6 Å². The van der Waals surface area contributed by atoms with Crippen molar-refractivity contribution in [2.75, 3.05) is 24.5 Å². The van der Waals surface area contributed by atoms with Gasteiger partial charge >= 0.3 is 0 Å². The van der Waals surface area contributed by atoms with Crippen molar-refractivity contribution in [3.8, 4) is 0 Å². The first-order chi connectivity index (χ1) is 13.3. The van der Waals surface area contributed by atoms with Gasteiger partial charge in [0.25, 0.3) is 6.54 Å². The van der Waals surface area contributed by atoms with Crippen LogP contribution in [0.25, 0.3) is 10.9 Å². The van der Waals surface area contributed by atoms with E-state index < -0.39 is 28.5 Å². The first-order valence-corrected chi connectivity index (χ1v) is 9.38. The SMILES string of the molecule is N[C@H]1CCN(c2c(F)cc3c(=O)c(C(=O)C[N+](=O)[O-])cn(C4CC4)c3c2Cl)C1. The third-order valence-electron chi connectivity index (χ3n) is 5.24. The number of carbonyl (C=O) groups is 1. The summed E-state index contributed by atoms with van der Waals surface area (Å²) >= 11 is 6.56. The van der Waals surface area contributed by atoms with Gasteiger partial charge in [-0.3, -0.25) is 19.7 Å². The minimum Gasteiger partial charge on any atom is -0.366 e. The molecule has 2 aromatic rings. The van der Waals surface area contributed by atoms with Crippen molar-refractivity contribution < 1.29 is 14.1 Å². The molecule has 1 aliphatic heterocycles. The Labute approximate surface area is 163 Å². The van der Waals surface area contributed by atoms with Gasteiger partial charge < -0.3 is 15.2 Å². The van der Waals surface area contributed by atoms with E-state index >= 15 is 0 Å². The van der Waals surface area contributed by atoms with Crippen LogP contribution in [0.4, 0.5) is 10.1 Å². The average molecular weight is 409 g/mol. The molecule has 1 aromatic heterocycles. The minimum atomic E-state index is -0.995. The average Bonchev–Trinajstić information content (AvgIpc) is 3.37. The number of hydrogen-bond acceptors (Lipinski definition) is 6. The summed E-state index contributed by atoms with van der Waals surface area (Å²) in [5.74, 6) is -1.58. The largest absolute Gasteiger partial charge is 0.366 e. The molecule has 1 aliphatic carbocycles. The number of carbonyl (C=O) groups excluding carboxylic acids is 1. The first-order valence-electron chi connectivity index (χ1n) is 9.00. The van der Waals surface area contributed by atoms with E-state index in [1.165, 1.54) is 6.20 Å². The van der Waals surface area contributed by atoms with Gasteiger partial charge in [-0.15, -0.1) is 0 Å². The summed E-state index contributed by atoms with van der Waals surface area (Å²) in [6, 6.07) is 1.01. The zero-order valence-corrected chi connectivity index (χ0v) is 15.6. The maximum absolute atomic E-state index is 14.9. The van der Waals surface area contributed by atoms with E-state index in [9.17, 15) is 24.1 Å². The number of benzene rings is 1. The van der Waals surface area contributed by atoms with Gasteiger partial charge in [-0.05, 0) is 25.3 Å². The molecule has 0 spiro atoms. The van der Waals surface area contributed by atoms with Crippen molar-refractivity contribution in [3.63, 3.8) is 0 Å².